The number of carbonyl (C=O) groups is 1. The molecule has 0 saturated carbocycles. The minimum atomic E-state index is -3.54. The summed E-state index contributed by atoms with van der Waals surface area (Å²) in [5.41, 5.74) is 3.25. The molecule has 0 unspecified atom stereocenters. The molecule has 0 bridgehead atoms. The summed E-state index contributed by atoms with van der Waals surface area (Å²) >= 11 is 0. The molecule has 1 aromatic carbocycles. The van der Waals surface area contributed by atoms with E-state index in [-0.39, 0.29) is 18.9 Å². The molecule has 0 saturated heterocycles. The van der Waals surface area contributed by atoms with Gasteiger partial charge in [0.15, 0.2) is 0 Å². The van der Waals surface area contributed by atoms with Gasteiger partial charge in [-0.15, -0.1) is 0 Å². The Balaban J connectivity index is 1.84. The molecular weight excluding hydrogens is 356 g/mol. The minimum absolute atomic E-state index is 0.0121. The van der Waals surface area contributed by atoms with Crippen LogP contribution >= 0.6 is 0 Å². The van der Waals surface area contributed by atoms with E-state index >= 15 is 0 Å². The van der Waals surface area contributed by atoms with E-state index in [9.17, 15) is 13.2 Å². The molecule has 2 aromatic rings. The van der Waals surface area contributed by atoms with Crippen molar-refractivity contribution in [1.29, 1.82) is 0 Å². The molecule has 1 aliphatic heterocycles. The number of carbonyl (C=O) groups excluding carboxylic acids is 1. The Labute approximate surface area is 153 Å². The van der Waals surface area contributed by atoms with E-state index in [2.05, 4.69) is 5.16 Å². The first-order valence-corrected chi connectivity index (χ1v) is 10.1. The van der Waals surface area contributed by atoms with Crippen molar-refractivity contribution in [3.8, 4) is 0 Å². The maximum Gasteiger partial charge on any atom is 0.325 e. The molecule has 0 radical (unpaired) electrons. The topological polar surface area (TPSA) is 89.7 Å². The lowest BCUT2D eigenvalue weighted by molar-refractivity contribution is -0.150. The van der Waals surface area contributed by atoms with Crippen molar-refractivity contribution in [2.75, 3.05) is 5.75 Å². The second kappa shape index (κ2) is 7.20. The second-order valence-corrected chi connectivity index (χ2v) is 8.56. The summed E-state index contributed by atoms with van der Waals surface area (Å²) < 4.78 is 36.8. The van der Waals surface area contributed by atoms with E-state index in [1.54, 1.807) is 20.8 Å². The van der Waals surface area contributed by atoms with E-state index in [4.69, 9.17) is 9.26 Å². The maximum absolute atomic E-state index is 12.7. The summed E-state index contributed by atoms with van der Waals surface area (Å²) in [6.07, 6.45) is 0.301. The number of ether oxygens (including phenoxy) is 1. The fourth-order valence-electron chi connectivity index (χ4n) is 3.11. The highest BCUT2D eigenvalue weighted by Crippen LogP contribution is 2.27. The Hall–Kier alpha value is -2.19. The summed E-state index contributed by atoms with van der Waals surface area (Å²) in [7, 11) is -3.54. The standard InChI is InChI=1S/C18H22N2O5S/c1-4-26(22,23)20-10-15-8-6-5-7-14(15)9-17(20)18(21)24-11-16-12(2)19-25-13(16)3/h5-8,17H,4,9-11H2,1-3H3/t17-/m0/s1. The van der Waals surface area contributed by atoms with Crippen LogP contribution in [0.3, 0.4) is 0 Å². The van der Waals surface area contributed by atoms with E-state index in [0.29, 0.717) is 23.4 Å². The van der Waals surface area contributed by atoms with Crippen LogP contribution in [0.5, 0.6) is 0 Å². The number of hydrogen-bond donors (Lipinski definition) is 0. The number of aromatic nitrogens is 1. The zero-order valence-electron chi connectivity index (χ0n) is 15.1. The number of fused-ring (bicyclic) bond motifs is 1. The molecule has 1 aliphatic rings. The number of aryl methyl sites for hydroxylation is 2. The van der Waals surface area contributed by atoms with E-state index in [1.807, 2.05) is 24.3 Å². The molecular formula is C18H22N2O5S. The highest BCUT2D eigenvalue weighted by Gasteiger charge is 2.39. The van der Waals surface area contributed by atoms with Gasteiger partial charge in [-0.25, -0.2) is 8.42 Å². The monoisotopic (exact) mass is 378 g/mol. The third-order valence-electron chi connectivity index (χ3n) is 4.74. The van der Waals surface area contributed by atoms with Gasteiger partial charge in [-0.1, -0.05) is 29.4 Å². The third-order valence-corrected chi connectivity index (χ3v) is 6.57. The van der Waals surface area contributed by atoms with Crippen molar-refractivity contribution in [3.05, 3.63) is 52.4 Å². The van der Waals surface area contributed by atoms with Crippen LogP contribution in [0.4, 0.5) is 0 Å². The van der Waals surface area contributed by atoms with Gasteiger partial charge in [-0.3, -0.25) is 4.79 Å². The zero-order valence-corrected chi connectivity index (χ0v) is 15.9. The first-order valence-electron chi connectivity index (χ1n) is 8.48. The van der Waals surface area contributed by atoms with Gasteiger partial charge in [0, 0.05) is 13.0 Å². The quantitative estimate of drug-likeness (QED) is 0.740. The Kier molecular flexibility index (Phi) is 5.15. The fourth-order valence-corrected chi connectivity index (χ4v) is 4.32. The maximum atomic E-state index is 12.7. The van der Waals surface area contributed by atoms with Crippen molar-refractivity contribution < 1.29 is 22.5 Å². The van der Waals surface area contributed by atoms with Crippen molar-refractivity contribution >= 4 is 16.0 Å². The van der Waals surface area contributed by atoms with Gasteiger partial charge in [0.25, 0.3) is 0 Å². The van der Waals surface area contributed by atoms with E-state index in [1.165, 1.54) is 4.31 Å². The van der Waals surface area contributed by atoms with Gasteiger partial charge in [0.2, 0.25) is 10.0 Å². The van der Waals surface area contributed by atoms with Gasteiger partial charge in [0.05, 0.1) is 17.0 Å². The summed E-state index contributed by atoms with van der Waals surface area (Å²) in [5.74, 6) is -0.0399. The van der Waals surface area contributed by atoms with Crippen LogP contribution in [0.25, 0.3) is 0 Å². The first-order chi connectivity index (χ1) is 12.3. The molecule has 1 atom stereocenters. The molecule has 0 aliphatic carbocycles. The molecule has 2 heterocycles. The summed E-state index contributed by atoms with van der Waals surface area (Å²) in [4.78, 5) is 12.7. The SMILES string of the molecule is CCS(=O)(=O)N1Cc2ccccc2C[C@H]1C(=O)OCc1c(C)noc1C. The van der Waals surface area contributed by atoms with Crippen LogP contribution in [0.15, 0.2) is 28.8 Å². The van der Waals surface area contributed by atoms with Crippen molar-refractivity contribution in [1.82, 2.24) is 9.46 Å². The molecule has 1 aromatic heterocycles. The predicted octanol–water partition coefficient (Wildman–Crippen LogP) is 2.11. The minimum Gasteiger partial charge on any atom is -0.459 e. The van der Waals surface area contributed by atoms with Crippen molar-refractivity contribution in [2.45, 2.75) is 46.4 Å². The van der Waals surface area contributed by atoms with Crippen molar-refractivity contribution in [3.63, 3.8) is 0 Å². The number of esters is 1. The normalized spacial score (nSPS) is 17.7. The average molecular weight is 378 g/mol. The zero-order chi connectivity index (χ0) is 18.9. The highest BCUT2D eigenvalue weighted by molar-refractivity contribution is 7.89. The van der Waals surface area contributed by atoms with Gasteiger partial charge >= 0.3 is 5.97 Å². The predicted molar refractivity (Wildman–Crippen MR) is 94.7 cm³/mol. The average Bonchev–Trinajstić information content (AvgIpc) is 2.96. The number of rotatable bonds is 5. The van der Waals surface area contributed by atoms with Gasteiger partial charge in [0.1, 0.15) is 18.4 Å². The summed E-state index contributed by atoms with van der Waals surface area (Å²) in [6, 6.07) is 6.69. The summed E-state index contributed by atoms with van der Waals surface area (Å²) in [6.45, 7) is 5.27. The smallest absolute Gasteiger partial charge is 0.325 e. The molecule has 0 spiro atoms. The van der Waals surface area contributed by atoms with Crippen LogP contribution in [-0.4, -0.2) is 35.6 Å². The van der Waals surface area contributed by atoms with Crippen LogP contribution in [0, 0.1) is 13.8 Å². The lowest BCUT2D eigenvalue weighted by atomic mass is 9.96. The fraction of sp³-hybridized carbons (Fsp3) is 0.444. The van der Waals surface area contributed by atoms with E-state index < -0.39 is 22.0 Å². The summed E-state index contributed by atoms with van der Waals surface area (Å²) in [5, 5.41) is 3.83. The number of benzene rings is 1. The van der Waals surface area contributed by atoms with Crippen LogP contribution in [0.2, 0.25) is 0 Å². The lowest BCUT2D eigenvalue weighted by Gasteiger charge is -2.34. The van der Waals surface area contributed by atoms with Crippen LogP contribution < -0.4 is 0 Å². The van der Waals surface area contributed by atoms with Gasteiger partial charge in [-0.05, 0) is 31.9 Å². The largest absolute Gasteiger partial charge is 0.459 e. The molecule has 3 rings (SSSR count). The van der Waals surface area contributed by atoms with Crippen LogP contribution in [0.1, 0.15) is 35.1 Å². The molecule has 7 nitrogen and oxygen atoms in total. The molecule has 0 fully saturated rings. The van der Waals surface area contributed by atoms with Gasteiger partial charge < -0.3 is 9.26 Å². The first kappa shape index (κ1) is 18.6. The Morgan fingerprint density at radius 2 is 2.00 bits per heavy atom. The van der Waals surface area contributed by atoms with Gasteiger partial charge in [-0.2, -0.15) is 4.31 Å². The number of sulfonamides is 1. The van der Waals surface area contributed by atoms with Crippen molar-refractivity contribution in [2.24, 2.45) is 0 Å². The molecule has 0 amide bonds. The molecule has 8 heteroatoms. The number of hydrogen-bond acceptors (Lipinski definition) is 6. The number of nitrogens with zero attached hydrogens (tertiary/aromatic N) is 2. The van der Waals surface area contributed by atoms with E-state index in [0.717, 1.165) is 11.1 Å². The molecule has 140 valence electrons. The second-order valence-electron chi connectivity index (χ2n) is 6.34. The molecule has 0 N–H and O–H groups in total. The molecule has 26 heavy (non-hydrogen) atoms. The Bertz CT molecular complexity index is 900. The Morgan fingerprint density at radius 3 is 2.62 bits per heavy atom. The Morgan fingerprint density at radius 1 is 1.31 bits per heavy atom. The van der Waals surface area contributed by atoms with Crippen LogP contribution in [-0.2, 0) is 39.1 Å². The third kappa shape index (κ3) is 3.52. The lowest BCUT2D eigenvalue weighted by Crippen LogP contribution is -2.49. The highest BCUT2D eigenvalue weighted by atomic mass is 32.2.